The van der Waals surface area contributed by atoms with Gasteiger partial charge in [0.05, 0.1) is 6.54 Å². The molecule has 2 aromatic carbocycles. The van der Waals surface area contributed by atoms with E-state index in [1.54, 1.807) is 19.2 Å². The highest BCUT2D eigenvalue weighted by Gasteiger charge is 2.15. The van der Waals surface area contributed by atoms with Crippen LogP contribution in [0.1, 0.15) is 16.7 Å². The summed E-state index contributed by atoms with van der Waals surface area (Å²) in [6.45, 7) is 5.77. The summed E-state index contributed by atoms with van der Waals surface area (Å²) < 4.78 is 6.34. The summed E-state index contributed by atoms with van der Waals surface area (Å²) in [5.41, 5.74) is 3.95. The number of likely N-dealkylation sites (N-methyl/N-ethyl adjacent to an activating group) is 1. The molecule has 0 saturated heterocycles. The van der Waals surface area contributed by atoms with Gasteiger partial charge in [-0.25, -0.2) is 0 Å². The van der Waals surface area contributed by atoms with Crippen LogP contribution in [0.2, 0.25) is 0 Å². The lowest BCUT2D eigenvalue weighted by atomic mass is 10.1. The van der Waals surface area contributed by atoms with Gasteiger partial charge in [0, 0.05) is 17.2 Å². The predicted octanol–water partition coefficient (Wildman–Crippen LogP) is 3.85. The van der Waals surface area contributed by atoms with E-state index in [1.807, 2.05) is 45.0 Å². The number of benzene rings is 2. The molecule has 2 rings (SSSR count). The smallest absolute Gasteiger partial charge is 0.260 e. The molecular formula is C20H23BrN2O3. The van der Waals surface area contributed by atoms with Crippen molar-refractivity contribution in [3.05, 3.63) is 57.6 Å². The third-order valence-corrected chi connectivity index (χ3v) is 4.40. The number of hydrogen-bond donors (Lipinski definition) is 1. The maximum atomic E-state index is 12.3. The lowest BCUT2D eigenvalue weighted by molar-refractivity contribution is -0.135. The van der Waals surface area contributed by atoms with Gasteiger partial charge in [-0.3, -0.25) is 9.59 Å². The molecule has 0 unspecified atom stereocenters. The summed E-state index contributed by atoms with van der Waals surface area (Å²) in [5, 5.41) is 2.89. The number of carbonyl (C=O) groups is 2. The van der Waals surface area contributed by atoms with Crippen LogP contribution in [0.3, 0.4) is 0 Å². The first-order chi connectivity index (χ1) is 12.3. The van der Waals surface area contributed by atoms with Crippen LogP contribution in [0.5, 0.6) is 5.75 Å². The number of hydrogen-bond acceptors (Lipinski definition) is 3. The van der Waals surface area contributed by atoms with Crippen molar-refractivity contribution in [1.82, 2.24) is 4.90 Å². The molecule has 138 valence electrons. The summed E-state index contributed by atoms with van der Waals surface area (Å²) >= 11 is 3.35. The second-order valence-electron chi connectivity index (χ2n) is 6.32. The summed E-state index contributed by atoms with van der Waals surface area (Å²) in [4.78, 5) is 25.8. The molecule has 0 aliphatic rings. The highest BCUT2D eigenvalue weighted by molar-refractivity contribution is 9.10. The highest BCUT2D eigenvalue weighted by atomic mass is 79.9. The molecule has 0 fully saturated rings. The Hall–Kier alpha value is -2.34. The van der Waals surface area contributed by atoms with E-state index in [1.165, 1.54) is 4.90 Å². The number of aryl methyl sites for hydroxylation is 3. The van der Waals surface area contributed by atoms with Gasteiger partial charge in [0.15, 0.2) is 6.61 Å². The number of rotatable bonds is 6. The van der Waals surface area contributed by atoms with Crippen molar-refractivity contribution in [2.75, 3.05) is 25.5 Å². The van der Waals surface area contributed by atoms with Crippen LogP contribution in [0.25, 0.3) is 0 Å². The molecular weight excluding hydrogens is 396 g/mol. The van der Waals surface area contributed by atoms with Gasteiger partial charge in [-0.2, -0.15) is 0 Å². The third-order valence-electron chi connectivity index (χ3n) is 3.91. The lowest BCUT2D eigenvalue weighted by Crippen LogP contribution is -2.37. The van der Waals surface area contributed by atoms with E-state index in [4.69, 9.17) is 4.74 Å². The first kappa shape index (κ1) is 20.0. The Morgan fingerprint density at radius 2 is 1.77 bits per heavy atom. The molecule has 0 spiro atoms. The Bertz CT molecular complexity index is 797. The Morgan fingerprint density at radius 3 is 2.38 bits per heavy atom. The Kier molecular flexibility index (Phi) is 6.80. The zero-order valence-electron chi connectivity index (χ0n) is 15.4. The van der Waals surface area contributed by atoms with Crippen molar-refractivity contribution in [1.29, 1.82) is 0 Å². The van der Waals surface area contributed by atoms with Crippen molar-refractivity contribution in [3.8, 4) is 5.75 Å². The van der Waals surface area contributed by atoms with Gasteiger partial charge in [-0.05, 0) is 50.1 Å². The number of nitrogens with zero attached hydrogens (tertiary/aromatic N) is 1. The van der Waals surface area contributed by atoms with Crippen LogP contribution in [-0.2, 0) is 9.59 Å². The molecule has 26 heavy (non-hydrogen) atoms. The maximum Gasteiger partial charge on any atom is 0.260 e. The van der Waals surface area contributed by atoms with Crippen LogP contribution in [-0.4, -0.2) is 36.9 Å². The van der Waals surface area contributed by atoms with E-state index < -0.39 is 0 Å². The van der Waals surface area contributed by atoms with Gasteiger partial charge < -0.3 is 15.0 Å². The molecule has 5 nitrogen and oxygen atoms in total. The molecule has 0 atom stereocenters. The molecule has 0 saturated carbocycles. The van der Waals surface area contributed by atoms with Gasteiger partial charge in [-0.15, -0.1) is 0 Å². The van der Waals surface area contributed by atoms with Crippen molar-refractivity contribution in [3.63, 3.8) is 0 Å². The fourth-order valence-corrected chi connectivity index (χ4v) is 3.05. The van der Waals surface area contributed by atoms with E-state index in [-0.39, 0.29) is 25.0 Å². The molecule has 0 bridgehead atoms. The topological polar surface area (TPSA) is 58.6 Å². The van der Waals surface area contributed by atoms with Gasteiger partial charge in [0.2, 0.25) is 5.91 Å². The van der Waals surface area contributed by atoms with Crippen molar-refractivity contribution < 1.29 is 14.3 Å². The maximum absolute atomic E-state index is 12.3. The van der Waals surface area contributed by atoms with Gasteiger partial charge in [-0.1, -0.05) is 39.7 Å². The Labute approximate surface area is 162 Å². The zero-order valence-corrected chi connectivity index (χ0v) is 17.0. The molecule has 2 amide bonds. The fraction of sp³-hybridized carbons (Fsp3) is 0.300. The first-order valence-electron chi connectivity index (χ1n) is 8.26. The predicted molar refractivity (Wildman–Crippen MR) is 107 cm³/mol. The Morgan fingerprint density at radius 1 is 1.12 bits per heavy atom. The molecule has 0 aliphatic carbocycles. The van der Waals surface area contributed by atoms with Crippen molar-refractivity contribution >= 4 is 33.4 Å². The number of anilines is 1. The summed E-state index contributed by atoms with van der Waals surface area (Å²) in [7, 11) is 1.58. The van der Waals surface area contributed by atoms with Gasteiger partial charge in [0.1, 0.15) is 5.75 Å². The SMILES string of the molecule is Cc1cc(C)c(NC(=O)CN(C)C(=O)COc2cccc(Br)c2)c(C)c1. The molecule has 0 radical (unpaired) electrons. The van der Waals surface area contributed by atoms with E-state index in [2.05, 4.69) is 21.2 Å². The van der Waals surface area contributed by atoms with E-state index in [0.717, 1.165) is 26.9 Å². The fourth-order valence-electron chi connectivity index (χ4n) is 2.67. The monoisotopic (exact) mass is 418 g/mol. The summed E-state index contributed by atoms with van der Waals surface area (Å²) in [6.07, 6.45) is 0. The number of carbonyl (C=O) groups excluding carboxylic acids is 2. The number of ether oxygens (including phenoxy) is 1. The van der Waals surface area contributed by atoms with Crippen molar-refractivity contribution in [2.24, 2.45) is 0 Å². The normalized spacial score (nSPS) is 10.3. The highest BCUT2D eigenvalue weighted by Crippen LogP contribution is 2.22. The second-order valence-corrected chi connectivity index (χ2v) is 7.23. The number of nitrogens with one attached hydrogen (secondary N) is 1. The molecule has 6 heteroatoms. The number of halogens is 1. The van der Waals surface area contributed by atoms with Crippen LogP contribution in [0.15, 0.2) is 40.9 Å². The summed E-state index contributed by atoms with van der Waals surface area (Å²) in [5.74, 6) is 0.0901. The zero-order chi connectivity index (χ0) is 19.3. The largest absolute Gasteiger partial charge is 0.484 e. The van der Waals surface area contributed by atoms with Gasteiger partial charge >= 0.3 is 0 Å². The lowest BCUT2D eigenvalue weighted by Gasteiger charge is -2.18. The minimum absolute atomic E-state index is 0.0343. The van der Waals surface area contributed by atoms with Crippen LogP contribution < -0.4 is 10.1 Å². The third kappa shape index (κ3) is 5.59. The average molecular weight is 419 g/mol. The van der Waals surface area contributed by atoms with E-state index in [9.17, 15) is 9.59 Å². The minimum atomic E-state index is -0.266. The van der Waals surface area contributed by atoms with Crippen LogP contribution in [0.4, 0.5) is 5.69 Å². The molecule has 0 aliphatic heterocycles. The quantitative estimate of drug-likeness (QED) is 0.774. The van der Waals surface area contributed by atoms with Crippen LogP contribution in [0, 0.1) is 20.8 Å². The molecule has 1 N–H and O–H groups in total. The van der Waals surface area contributed by atoms with E-state index in [0.29, 0.717) is 5.75 Å². The molecule has 0 heterocycles. The van der Waals surface area contributed by atoms with Crippen molar-refractivity contribution in [2.45, 2.75) is 20.8 Å². The molecule has 0 aromatic heterocycles. The van der Waals surface area contributed by atoms with Crippen LogP contribution >= 0.6 is 15.9 Å². The Balaban J connectivity index is 1.89. The standard InChI is InChI=1S/C20H23BrN2O3/c1-13-8-14(2)20(15(3)9-13)22-18(24)11-23(4)19(25)12-26-17-7-5-6-16(21)10-17/h5-10H,11-12H2,1-4H3,(H,22,24). The molecule has 2 aromatic rings. The number of amides is 2. The minimum Gasteiger partial charge on any atom is -0.484 e. The summed E-state index contributed by atoms with van der Waals surface area (Å²) in [6, 6.07) is 11.3. The first-order valence-corrected chi connectivity index (χ1v) is 9.05. The van der Waals surface area contributed by atoms with E-state index >= 15 is 0 Å². The van der Waals surface area contributed by atoms with Gasteiger partial charge in [0.25, 0.3) is 5.91 Å². The average Bonchev–Trinajstić information content (AvgIpc) is 2.56. The second kappa shape index (κ2) is 8.85.